The molecule has 0 amide bonds. The van der Waals surface area contributed by atoms with Gasteiger partial charge in [0, 0.05) is 0 Å². The Balaban J connectivity index is 0.000000280. The smallest absolute Gasteiger partial charge is 0.320 e. The van der Waals surface area contributed by atoms with Crippen molar-refractivity contribution < 1.29 is 40.2 Å². The number of hydrogen-bond donors (Lipinski definition) is 8. The van der Waals surface area contributed by atoms with Crippen molar-refractivity contribution in [1.82, 2.24) is 0 Å². The number of phenolic OH excluding ortho intramolecular Hbond substituents is 4. The van der Waals surface area contributed by atoms with Gasteiger partial charge < -0.3 is 42.1 Å². The van der Waals surface area contributed by atoms with Crippen LogP contribution in [0, 0.1) is 0 Å². The number of carbonyl (C=O) groups is 2. The van der Waals surface area contributed by atoms with Crippen LogP contribution < -0.4 is 11.5 Å². The molecule has 10 N–H and O–H groups in total. The lowest BCUT2D eigenvalue weighted by molar-refractivity contribution is -0.139. The quantitative estimate of drug-likeness (QED) is 0.310. The van der Waals surface area contributed by atoms with Gasteiger partial charge in [-0.2, -0.15) is 0 Å². The van der Waals surface area contributed by atoms with Crippen LogP contribution in [0.3, 0.4) is 0 Å². The van der Waals surface area contributed by atoms with Crippen LogP contribution in [-0.2, 0) is 22.4 Å². The van der Waals surface area contributed by atoms with Crippen molar-refractivity contribution in [2.45, 2.75) is 24.9 Å². The Morgan fingerprint density at radius 3 is 1.25 bits per heavy atom. The Morgan fingerprint density at radius 2 is 1.00 bits per heavy atom. The van der Waals surface area contributed by atoms with Crippen LogP contribution in [0.2, 0.25) is 0 Å². The van der Waals surface area contributed by atoms with Crippen molar-refractivity contribution in [1.29, 1.82) is 0 Å². The number of carboxylic acids is 2. The van der Waals surface area contributed by atoms with E-state index in [1.807, 2.05) is 0 Å². The van der Waals surface area contributed by atoms with Gasteiger partial charge >= 0.3 is 11.9 Å². The van der Waals surface area contributed by atoms with Crippen molar-refractivity contribution in [3.63, 3.8) is 0 Å². The first kappa shape index (κ1) is 22.5. The molecule has 0 saturated carbocycles. The molecular weight excluding hydrogens is 372 g/mol. The van der Waals surface area contributed by atoms with Gasteiger partial charge in [-0.15, -0.1) is 0 Å². The van der Waals surface area contributed by atoms with Gasteiger partial charge in [0.15, 0.2) is 23.0 Å². The summed E-state index contributed by atoms with van der Waals surface area (Å²) in [7, 11) is 0. The number of benzene rings is 2. The summed E-state index contributed by atoms with van der Waals surface area (Å²) in [5.41, 5.74) is 11.7. The second-order valence-electron chi connectivity index (χ2n) is 5.94. The monoisotopic (exact) mass is 394 g/mol. The highest BCUT2D eigenvalue weighted by atomic mass is 16.4. The van der Waals surface area contributed by atoms with Crippen LogP contribution in [0.15, 0.2) is 36.4 Å². The highest BCUT2D eigenvalue weighted by Crippen LogP contribution is 2.26. The van der Waals surface area contributed by atoms with Gasteiger partial charge in [-0.1, -0.05) is 12.1 Å². The van der Waals surface area contributed by atoms with Crippen molar-refractivity contribution in [3.8, 4) is 23.0 Å². The standard InChI is InChI=1S/2C9H11NO4/c2*10-6(9(13)14)3-5-1-2-7(11)8(12)4-5/h2*1-2,4,6,11-12H,3,10H2,(H,13,14)/t6-;/m0./s1. The fourth-order valence-electron chi connectivity index (χ4n) is 2.07. The van der Waals surface area contributed by atoms with Crippen LogP contribution >= 0.6 is 0 Å². The number of aromatic hydroxyl groups is 4. The van der Waals surface area contributed by atoms with E-state index in [0.29, 0.717) is 11.1 Å². The molecule has 152 valence electrons. The maximum atomic E-state index is 10.4. The molecule has 0 aliphatic heterocycles. The molecule has 2 atom stereocenters. The first-order valence-electron chi connectivity index (χ1n) is 7.99. The topological polar surface area (TPSA) is 208 Å². The average Bonchev–Trinajstić information content (AvgIpc) is 2.61. The van der Waals surface area contributed by atoms with E-state index in [1.165, 1.54) is 36.4 Å². The third-order valence-electron chi connectivity index (χ3n) is 3.63. The van der Waals surface area contributed by atoms with E-state index in [4.69, 9.17) is 42.1 Å². The maximum absolute atomic E-state index is 10.4. The SMILES string of the molecule is NC(Cc1ccc(O)c(O)c1)C(=O)O.N[C@@H](Cc1ccc(O)c(O)c1)C(=O)O. The summed E-state index contributed by atoms with van der Waals surface area (Å²) >= 11 is 0. The first-order valence-corrected chi connectivity index (χ1v) is 7.99. The Kier molecular flexibility index (Phi) is 8.05. The fourth-order valence-corrected chi connectivity index (χ4v) is 2.07. The second-order valence-corrected chi connectivity index (χ2v) is 5.94. The van der Waals surface area contributed by atoms with Crippen LogP contribution in [0.4, 0.5) is 0 Å². The van der Waals surface area contributed by atoms with Crippen LogP contribution in [0.25, 0.3) is 0 Å². The fraction of sp³-hybridized carbons (Fsp3) is 0.222. The molecule has 10 nitrogen and oxygen atoms in total. The minimum Gasteiger partial charge on any atom is -0.504 e. The van der Waals surface area contributed by atoms with Gasteiger partial charge in [0.1, 0.15) is 12.1 Å². The largest absolute Gasteiger partial charge is 0.504 e. The summed E-state index contributed by atoms with van der Waals surface area (Å²) in [5, 5.41) is 53.3. The minimum atomic E-state index is -1.10. The van der Waals surface area contributed by atoms with Gasteiger partial charge in [0.25, 0.3) is 0 Å². The molecule has 0 aliphatic rings. The highest BCUT2D eigenvalue weighted by Gasteiger charge is 2.13. The first-order chi connectivity index (χ1) is 13.0. The van der Waals surface area contributed by atoms with E-state index in [-0.39, 0.29) is 35.8 Å². The van der Waals surface area contributed by atoms with Gasteiger partial charge in [0.2, 0.25) is 0 Å². The minimum absolute atomic E-state index is 0.114. The Morgan fingerprint density at radius 1 is 0.679 bits per heavy atom. The Labute approximate surface area is 159 Å². The van der Waals surface area contributed by atoms with E-state index in [9.17, 15) is 9.59 Å². The zero-order valence-electron chi connectivity index (χ0n) is 14.7. The molecule has 0 bridgehead atoms. The van der Waals surface area contributed by atoms with E-state index < -0.39 is 24.0 Å². The van der Waals surface area contributed by atoms with Crippen LogP contribution in [-0.4, -0.2) is 54.7 Å². The van der Waals surface area contributed by atoms with E-state index in [1.54, 1.807) is 0 Å². The summed E-state index contributed by atoms with van der Waals surface area (Å²) in [4.78, 5) is 20.8. The molecule has 2 aromatic rings. The van der Waals surface area contributed by atoms with Gasteiger partial charge in [-0.05, 0) is 48.2 Å². The third-order valence-corrected chi connectivity index (χ3v) is 3.63. The summed E-state index contributed by atoms with van der Waals surface area (Å²) in [5.74, 6) is -3.23. The lowest BCUT2D eigenvalue weighted by Crippen LogP contribution is -2.32. The number of rotatable bonds is 6. The van der Waals surface area contributed by atoms with Crippen molar-refractivity contribution in [3.05, 3.63) is 47.5 Å². The summed E-state index contributed by atoms with van der Waals surface area (Å²) in [6.07, 6.45) is 0.229. The molecule has 2 aromatic carbocycles. The molecular formula is C18H22N2O8. The molecule has 0 saturated heterocycles. The molecule has 0 aliphatic carbocycles. The van der Waals surface area contributed by atoms with Crippen molar-refractivity contribution >= 4 is 11.9 Å². The van der Waals surface area contributed by atoms with E-state index in [2.05, 4.69) is 0 Å². The number of carboxylic acid groups (broad SMARTS) is 2. The van der Waals surface area contributed by atoms with Gasteiger partial charge in [-0.25, -0.2) is 0 Å². The van der Waals surface area contributed by atoms with Crippen molar-refractivity contribution in [2.75, 3.05) is 0 Å². The number of aliphatic carboxylic acids is 2. The molecule has 0 heterocycles. The van der Waals surface area contributed by atoms with Crippen LogP contribution in [0.5, 0.6) is 23.0 Å². The average molecular weight is 394 g/mol. The highest BCUT2D eigenvalue weighted by molar-refractivity contribution is 5.74. The predicted molar refractivity (Wildman–Crippen MR) is 98.2 cm³/mol. The van der Waals surface area contributed by atoms with Gasteiger partial charge in [0.05, 0.1) is 0 Å². The lowest BCUT2D eigenvalue weighted by Gasteiger charge is -2.06. The second kappa shape index (κ2) is 10.00. The third kappa shape index (κ3) is 7.02. The molecule has 0 fully saturated rings. The molecule has 10 heteroatoms. The summed E-state index contributed by atoms with van der Waals surface area (Å²) in [6, 6.07) is 6.18. The van der Waals surface area contributed by atoms with Crippen LogP contribution in [0.1, 0.15) is 11.1 Å². The number of nitrogens with two attached hydrogens (primary N) is 2. The Bertz CT molecular complexity index is 771. The van der Waals surface area contributed by atoms with E-state index >= 15 is 0 Å². The molecule has 0 radical (unpaired) electrons. The normalized spacial score (nSPS) is 12.4. The Hall–Kier alpha value is -3.50. The van der Waals surface area contributed by atoms with Crippen molar-refractivity contribution in [2.24, 2.45) is 11.5 Å². The molecule has 2 rings (SSSR count). The summed E-state index contributed by atoms with van der Waals surface area (Å²) < 4.78 is 0. The molecule has 1 unspecified atom stereocenters. The zero-order chi connectivity index (χ0) is 21.4. The molecule has 0 aromatic heterocycles. The molecule has 28 heavy (non-hydrogen) atoms. The predicted octanol–water partition coefficient (Wildman–Crippen LogP) is 0.104. The molecule has 0 spiro atoms. The summed E-state index contributed by atoms with van der Waals surface area (Å²) in [6.45, 7) is 0. The van der Waals surface area contributed by atoms with Gasteiger partial charge in [-0.3, -0.25) is 9.59 Å². The zero-order valence-corrected chi connectivity index (χ0v) is 14.7. The number of hydrogen-bond acceptors (Lipinski definition) is 8. The van der Waals surface area contributed by atoms with E-state index in [0.717, 1.165) is 0 Å². The number of phenols is 4. The lowest BCUT2D eigenvalue weighted by atomic mass is 10.1. The maximum Gasteiger partial charge on any atom is 0.320 e.